The van der Waals surface area contributed by atoms with Crippen molar-refractivity contribution in [3.8, 4) is 0 Å². The molecular formula is C22H27F3N2O. The number of nitrogens with zero attached hydrogens (tertiary/aromatic N) is 1. The highest BCUT2D eigenvalue weighted by atomic mass is 19.4. The van der Waals surface area contributed by atoms with Crippen LogP contribution in [0.2, 0.25) is 0 Å². The number of fused-ring (bicyclic) bond motifs is 4. The van der Waals surface area contributed by atoms with Gasteiger partial charge in [-0.1, -0.05) is 13.0 Å². The molecule has 0 unspecified atom stereocenters. The summed E-state index contributed by atoms with van der Waals surface area (Å²) in [5.74, 6) is 0.442. The van der Waals surface area contributed by atoms with Crippen LogP contribution in [0.4, 0.5) is 13.2 Å². The van der Waals surface area contributed by atoms with Gasteiger partial charge in [0.15, 0.2) is 0 Å². The molecule has 2 bridgehead atoms. The Labute approximate surface area is 163 Å². The topological polar surface area (TPSA) is 34.0 Å². The largest absolute Gasteiger partial charge is 0.417 e. The van der Waals surface area contributed by atoms with Crippen LogP contribution in [-0.2, 0) is 12.7 Å². The van der Waals surface area contributed by atoms with Crippen LogP contribution in [0.25, 0.3) is 10.9 Å². The van der Waals surface area contributed by atoms with Crippen molar-refractivity contribution >= 4 is 16.8 Å². The van der Waals surface area contributed by atoms with Crippen molar-refractivity contribution in [2.24, 2.45) is 11.3 Å². The third kappa shape index (κ3) is 3.42. The molecule has 6 heteroatoms. The molecule has 28 heavy (non-hydrogen) atoms. The van der Waals surface area contributed by atoms with Crippen LogP contribution >= 0.6 is 0 Å². The summed E-state index contributed by atoms with van der Waals surface area (Å²) in [4.78, 5) is 13.0. The normalized spacial score (nSPS) is 24.6. The Morgan fingerprint density at radius 2 is 1.89 bits per heavy atom. The van der Waals surface area contributed by atoms with E-state index in [1.54, 1.807) is 16.8 Å². The van der Waals surface area contributed by atoms with Crippen LogP contribution in [0.5, 0.6) is 0 Å². The zero-order valence-electron chi connectivity index (χ0n) is 16.2. The van der Waals surface area contributed by atoms with E-state index in [-0.39, 0.29) is 16.4 Å². The second kappa shape index (κ2) is 7.12. The Bertz CT molecular complexity index is 862. The SMILES string of the molecule is CCCn1cc(C(=O)NCC23CCC(CC2)CC3)c2c(C(F)(F)F)cccc21. The minimum atomic E-state index is -4.49. The van der Waals surface area contributed by atoms with E-state index in [4.69, 9.17) is 0 Å². The van der Waals surface area contributed by atoms with Crippen LogP contribution in [0.3, 0.4) is 0 Å². The molecule has 1 N–H and O–H groups in total. The molecule has 1 aromatic carbocycles. The first-order chi connectivity index (χ1) is 13.3. The van der Waals surface area contributed by atoms with E-state index in [9.17, 15) is 18.0 Å². The van der Waals surface area contributed by atoms with Crippen molar-refractivity contribution in [1.82, 2.24) is 9.88 Å². The van der Waals surface area contributed by atoms with Crippen LogP contribution < -0.4 is 5.32 Å². The zero-order valence-corrected chi connectivity index (χ0v) is 16.2. The maximum atomic E-state index is 13.6. The van der Waals surface area contributed by atoms with Crippen molar-refractivity contribution < 1.29 is 18.0 Å². The number of hydrogen-bond donors (Lipinski definition) is 1. The molecule has 0 atom stereocenters. The number of hydrogen-bond acceptors (Lipinski definition) is 1. The van der Waals surface area contributed by atoms with Gasteiger partial charge in [-0.2, -0.15) is 13.2 Å². The summed E-state index contributed by atoms with van der Waals surface area (Å²) in [5, 5.41) is 3.01. The lowest BCUT2D eigenvalue weighted by atomic mass is 9.61. The molecule has 3 aliphatic rings. The van der Waals surface area contributed by atoms with Gasteiger partial charge in [0.25, 0.3) is 5.91 Å². The molecule has 2 aromatic rings. The molecule has 3 nitrogen and oxygen atoms in total. The summed E-state index contributed by atoms with van der Waals surface area (Å²) in [5.41, 5.74) is 0.00996. The van der Waals surface area contributed by atoms with E-state index in [1.807, 2.05) is 6.92 Å². The number of alkyl halides is 3. The maximum Gasteiger partial charge on any atom is 0.417 e. The van der Waals surface area contributed by atoms with Crippen molar-refractivity contribution in [2.75, 3.05) is 6.54 Å². The molecule has 0 saturated heterocycles. The summed E-state index contributed by atoms with van der Waals surface area (Å²) in [6, 6.07) is 4.15. The fourth-order valence-electron chi connectivity index (χ4n) is 5.15. The fraction of sp³-hybridized carbons (Fsp3) is 0.591. The minimum Gasteiger partial charge on any atom is -0.351 e. The number of nitrogens with one attached hydrogen (secondary N) is 1. The molecule has 3 aliphatic carbocycles. The molecule has 5 rings (SSSR count). The fourth-order valence-corrected chi connectivity index (χ4v) is 5.15. The quantitative estimate of drug-likeness (QED) is 0.689. The highest BCUT2D eigenvalue weighted by Crippen LogP contribution is 2.49. The number of halogens is 3. The Morgan fingerprint density at radius 1 is 1.21 bits per heavy atom. The van der Waals surface area contributed by atoms with E-state index in [0.717, 1.165) is 37.7 Å². The summed E-state index contributed by atoms with van der Waals surface area (Å²) in [7, 11) is 0. The highest BCUT2D eigenvalue weighted by molar-refractivity contribution is 6.08. The van der Waals surface area contributed by atoms with Gasteiger partial charge in [-0.3, -0.25) is 4.79 Å². The van der Waals surface area contributed by atoms with Crippen LogP contribution in [-0.4, -0.2) is 17.0 Å². The standard InChI is InChI=1S/C22H27F3N2O/c1-2-12-27-13-16(19-17(22(23,24)25)4-3-5-18(19)27)20(28)26-14-21-9-6-15(7-10-21)8-11-21/h3-5,13,15H,2,6-12,14H2,1H3,(H,26,28). The predicted octanol–water partition coefficient (Wildman–Crippen LogP) is 5.77. The Morgan fingerprint density at radius 3 is 2.50 bits per heavy atom. The van der Waals surface area contributed by atoms with Crippen LogP contribution in [0, 0.1) is 11.3 Å². The smallest absolute Gasteiger partial charge is 0.351 e. The van der Waals surface area contributed by atoms with E-state index in [0.29, 0.717) is 18.6 Å². The van der Waals surface area contributed by atoms with Gasteiger partial charge in [0, 0.05) is 30.2 Å². The lowest BCUT2D eigenvalue weighted by molar-refractivity contribution is -0.136. The number of carbonyl (C=O) groups is 1. The van der Waals surface area contributed by atoms with E-state index in [2.05, 4.69) is 5.32 Å². The molecule has 0 aliphatic heterocycles. The minimum absolute atomic E-state index is 0.0193. The van der Waals surface area contributed by atoms with Crippen LogP contribution in [0.1, 0.15) is 67.8 Å². The molecule has 3 saturated carbocycles. The van der Waals surface area contributed by atoms with Crippen molar-refractivity contribution in [3.05, 3.63) is 35.5 Å². The summed E-state index contributed by atoms with van der Waals surface area (Å²) in [6.45, 7) is 3.11. The van der Waals surface area contributed by atoms with Gasteiger partial charge in [-0.25, -0.2) is 0 Å². The Kier molecular flexibility index (Phi) is 4.92. The molecule has 1 amide bonds. The van der Waals surface area contributed by atoms with Gasteiger partial charge in [0.2, 0.25) is 0 Å². The summed E-state index contributed by atoms with van der Waals surface area (Å²) in [6.07, 6.45) is 4.86. The second-order valence-corrected chi connectivity index (χ2v) is 8.60. The van der Waals surface area contributed by atoms with Crippen molar-refractivity contribution in [2.45, 2.75) is 64.6 Å². The van der Waals surface area contributed by atoms with Crippen molar-refractivity contribution in [3.63, 3.8) is 0 Å². The third-order valence-corrected chi connectivity index (χ3v) is 6.79. The Balaban J connectivity index is 1.66. The molecule has 1 heterocycles. The summed E-state index contributed by atoms with van der Waals surface area (Å²) >= 11 is 0. The number of aromatic nitrogens is 1. The number of carbonyl (C=O) groups excluding carboxylic acids is 1. The van der Waals surface area contributed by atoms with Gasteiger partial charge < -0.3 is 9.88 Å². The molecule has 152 valence electrons. The number of aryl methyl sites for hydroxylation is 1. The molecule has 1 aromatic heterocycles. The second-order valence-electron chi connectivity index (χ2n) is 8.60. The first-order valence-corrected chi connectivity index (χ1v) is 10.3. The van der Waals surface area contributed by atoms with Gasteiger partial charge in [0.05, 0.1) is 11.1 Å². The van der Waals surface area contributed by atoms with Gasteiger partial charge in [-0.15, -0.1) is 0 Å². The molecule has 0 radical (unpaired) electrons. The first kappa shape index (κ1) is 19.3. The predicted molar refractivity (Wildman–Crippen MR) is 103 cm³/mol. The Hall–Kier alpha value is -1.98. The van der Waals surface area contributed by atoms with Gasteiger partial charge in [0.1, 0.15) is 0 Å². The molecule has 0 spiro atoms. The lowest BCUT2D eigenvalue weighted by Gasteiger charge is -2.46. The average molecular weight is 392 g/mol. The zero-order chi connectivity index (χ0) is 19.9. The number of rotatable bonds is 5. The number of benzene rings is 1. The van der Waals surface area contributed by atoms with Crippen LogP contribution in [0.15, 0.2) is 24.4 Å². The van der Waals surface area contributed by atoms with Gasteiger partial charge in [-0.05, 0) is 68.4 Å². The average Bonchev–Trinajstić information content (AvgIpc) is 3.06. The van der Waals surface area contributed by atoms with E-state index >= 15 is 0 Å². The summed E-state index contributed by atoms with van der Waals surface area (Å²) < 4.78 is 42.6. The maximum absolute atomic E-state index is 13.6. The van der Waals surface area contributed by atoms with E-state index in [1.165, 1.54) is 25.3 Å². The van der Waals surface area contributed by atoms with Gasteiger partial charge >= 0.3 is 6.18 Å². The molecular weight excluding hydrogens is 365 g/mol. The third-order valence-electron chi connectivity index (χ3n) is 6.79. The van der Waals surface area contributed by atoms with Crippen molar-refractivity contribution in [1.29, 1.82) is 0 Å². The highest BCUT2D eigenvalue weighted by Gasteiger charge is 2.41. The molecule has 3 fully saturated rings. The van der Waals surface area contributed by atoms with E-state index < -0.39 is 17.6 Å². The first-order valence-electron chi connectivity index (χ1n) is 10.3. The lowest BCUT2D eigenvalue weighted by Crippen LogP contribution is -2.43. The monoisotopic (exact) mass is 392 g/mol. The number of amides is 1.